The van der Waals surface area contributed by atoms with Gasteiger partial charge in [0.05, 0.1) is 25.9 Å². The zero-order valence-electron chi connectivity index (χ0n) is 26.6. The fourth-order valence-electron chi connectivity index (χ4n) is 6.72. The number of esters is 1. The Morgan fingerprint density at radius 2 is 1.17 bits per heavy atom. The molecule has 0 bridgehead atoms. The molecular weight excluding hydrogens is 709 g/mol. The molecule has 2 unspecified atom stereocenters. The molecule has 0 aromatic heterocycles. The van der Waals surface area contributed by atoms with Gasteiger partial charge < -0.3 is 74.0 Å². The molecule has 2 fully saturated rings. The van der Waals surface area contributed by atoms with Gasteiger partial charge >= 0.3 is 5.97 Å². The van der Waals surface area contributed by atoms with E-state index in [1.165, 1.54) is 24.3 Å². The maximum absolute atomic E-state index is 16.3. The lowest BCUT2D eigenvalue weighted by atomic mass is 9.77. The Kier molecular flexibility index (Phi) is 9.23. The van der Waals surface area contributed by atoms with Crippen molar-refractivity contribution in [2.24, 2.45) is 0 Å². The van der Waals surface area contributed by atoms with Crippen molar-refractivity contribution in [2.75, 3.05) is 20.3 Å². The summed E-state index contributed by atoms with van der Waals surface area (Å²) in [7, 11) is 0.884. The minimum absolute atomic E-state index is 0.136. The summed E-state index contributed by atoms with van der Waals surface area (Å²) in [6, 6.07) is 7.24. The van der Waals surface area contributed by atoms with Crippen molar-refractivity contribution >= 4 is 5.97 Å². The first-order valence-corrected chi connectivity index (χ1v) is 15.7. The number of carbonyl (C=O) groups is 1. The summed E-state index contributed by atoms with van der Waals surface area (Å²) in [5.74, 6) is -8.42. The third kappa shape index (κ3) is 5.35. The van der Waals surface area contributed by atoms with E-state index in [1.54, 1.807) is 0 Å². The van der Waals surface area contributed by atoms with Gasteiger partial charge in [-0.05, 0) is 24.3 Å². The van der Waals surface area contributed by atoms with Gasteiger partial charge in [-0.2, -0.15) is 4.39 Å². The fourth-order valence-corrected chi connectivity index (χ4v) is 6.72. The Balaban J connectivity index is 1.34. The molecule has 0 radical (unpaired) electrons. The third-order valence-corrected chi connectivity index (χ3v) is 9.37. The van der Waals surface area contributed by atoms with Crippen LogP contribution in [-0.2, 0) is 19.8 Å². The average molecular weight is 741 g/mol. The van der Waals surface area contributed by atoms with Crippen LogP contribution in [0.4, 0.5) is 13.2 Å². The molecule has 10 atom stereocenters. The van der Waals surface area contributed by atoms with E-state index in [1.807, 2.05) is 0 Å². The number of aliphatic hydroxyl groups is 8. The van der Waals surface area contributed by atoms with Gasteiger partial charge in [-0.15, -0.1) is 0 Å². The highest BCUT2D eigenvalue weighted by molar-refractivity contribution is 5.98. The number of hydrogen-bond donors (Lipinski definition) is 8. The van der Waals surface area contributed by atoms with Gasteiger partial charge in [0.15, 0.2) is 23.0 Å². The minimum atomic E-state index is -2.38. The second kappa shape index (κ2) is 13.3. The molecule has 16 nitrogen and oxygen atoms in total. The van der Waals surface area contributed by atoms with E-state index < -0.39 is 121 Å². The van der Waals surface area contributed by atoms with Crippen molar-refractivity contribution < 1.29 is 92.0 Å². The van der Waals surface area contributed by atoms with Crippen molar-refractivity contribution in [2.45, 2.75) is 67.0 Å². The van der Waals surface area contributed by atoms with Gasteiger partial charge in [0.2, 0.25) is 18.4 Å². The highest BCUT2D eigenvalue weighted by Gasteiger charge is 2.58. The Hall–Kier alpha value is -4.28. The molecule has 4 aliphatic rings. The Bertz CT molecular complexity index is 1800. The van der Waals surface area contributed by atoms with Crippen LogP contribution in [0, 0.1) is 17.5 Å². The molecule has 280 valence electrons. The maximum atomic E-state index is 16.3. The SMILES string of the molecule is COc1c(F)c(F)c2c(c1F)C1(OC2=O)c2ccc(OC3O[C@H](CO)[C@H](O)[C@H](O)[C@H]3O)cc2Oc2cc(OC3O[C@H](CO)[C@H](O)[C@H](O)[C@H]3O)ccc21. The number of methoxy groups -OCH3 is 1. The quantitative estimate of drug-likeness (QED) is 0.107. The van der Waals surface area contributed by atoms with Crippen LogP contribution in [0.3, 0.4) is 0 Å². The topological polar surface area (TPSA) is 244 Å². The predicted molar refractivity (Wildman–Crippen MR) is 160 cm³/mol. The Labute approximate surface area is 290 Å². The fraction of sp³-hybridized carbons (Fsp3) is 0.424. The van der Waals surface area contributed by atoms with Crippen LogP contribution in [0.1, 0.15) is 27.0 Å². The Morgan fingerprint density at radius 3 is 1.62 bits per heavy atom. The summed E-state index contributed by atoms with van der Waals surface area (Å²) in [6.45, 7) is -1.50. The van der Waals surface area contributed by atoms with Crippen molar-refractivity contribution in [3.63, 3.8) is 0 Å². The molecule has 0 saturated carbocycles. The number of benzene rings is 3. The standard InChI is InChI=1S/C33H31F3O16/c1-46-29-21(35)19-18(20(34)22(29)36)30(45)52-33(19)12-4-2-10(47-31-27(43)25(41)23(39)16(8-37)50-31)6-14(12)49-15-7-11(3-5-13(15)33)48-32-28(44)26(42)24(40)17(9-38)51-32/h2-7,16-17,23-28,31-32,37-44H,8-9H2,1H3/t16-,17-,23+,24+,25+,26+,27-,28-,31?,32?,33?/m1/s1. The highest BCUT2D eigenvalue weighted by atomic mass is 19.2. The Morgan fingerprint density at radius 1 is 0.692 bits per heavy atom. The number of carbonyl (C=O) groups excluding carboxylic acids is 1. The first-order chi connectivity index (χ1) is 24.8. The number of ether oxygens (including phenoxy) is 7. The molecule has 4 heterocycles. The predicted octanol–water partition coefficient (Wildman–Crippen LogP) is -0.962. The largest absolute Gasteiger partial charge is 0.491 e. The average Bonchev–Trinajstić information content (AvgIpc) is 3.44. The molecule has 19 heteroatoms. The first-order valence-electron chi connectivity index (χ1n) is 15.7. The summed E-state index contributed by atoms with van der Waals surface area (Å²) in [4.78, 5) is 13.3. The molecule has 0 amide bonds. The lowest BCUT2D eigenvalue weighted by molar-refractivity contribution is -0.277. The molecule has 2 saturated heterocycles. The minimum Gasteiger partial charge on any atom is -0.491 e. The van der Waals surface area contributed by atoms with E-state index in [-0.39, 0.29) is 34.1 Å². The summed E-state index contributed by atoms with van der Waals surface area (Å²) >= 11 is 0. The zero-order valence-corrected chi connectivity index (χ0v) is 26.6. The van der Waals surface area contributed by atoms with Crippen LogP contribution in [0.2, 0.25) is 0 Å². The van der Waals surface area contributed by atoms with Crippen LogP contribution < -0.4 is 18.9 Å². The van der Waals surface area contributed by atoms with Crippen molar-refractivity contribution in [1.82, 2.24) is 0 Å². The highest BCUT2D eigenvalue weighted by Crippen LogP contribution is 2.59. The summed E-state index contributed by atoms with van der Waals surface area (Å²) in [5.41, 5.74) is -4.50. The van der Waals surface area contributed by atoms with E-state index in [0.717, 1.165) is 19.2 Å². The second-order valence-corrected chi connectivity index (χ2v) is 12.3. The summed E-state index contributed by atoms with van der Waals surface area (Å²) in [5, 5.41) is 80.8. The lowest BCUT2D eigenvalue weighted by Gasteiger charge is -2.40. The number of hydrogen-bond acceptors (Lipinski definition) is 16. The van der Waals surface area contributed by atoms with Crippen LogP contribution in [0.15, 0.2) is 36.4 Å². The summed E-state index contributed by atoms with van der Waals surface area (Å²) < 4.78 is 85.5. The van der Waals surface area contributed by atoms with Crippen LogP contribution in [0.25, 0.3) is 0 Å². The van der Waals surface area contributed by atoms with Gasteiger partial charge in [0.25, 0.3) is 0 Å². The number of rotatable bonds is 7. The molecule has 1 spiro atoms. The maximum Gasteiger partial charge on any atom is 0.343 e. The van der Waals surface area contributed by atoms with Crippen molar-refractivity contribution in [3.8, 4) is 28.7 Å². The molecule has 3 aromatic rings. The van der Waals surface area contributed by atoms with Crippen LogP contribution >= 0.6 is 0 Å². The zero-order chi connectivity index (χ0) is 37.4. The normalized spacial score (nSPS) is 33.4. The first kappa shape index (κ1) is 36.1. The second-order valence-electron chi connectivity index (χ2n) is 12.3. The van der Waals surface area contributed by atoms with E-state index in [2.05, 4.69) is 0 Å². The van der Waals surface area contributed by atoms with Gasteiger partial charge in [0, 0.05) is 23.3 Å². The number of fused-ring (bicyclic) bond motifs is 6. The molecular formula is C33H31F3O16. The molecule has 52 heavy (non-hydrogen) atoms. The van der Waals surface area contributed by atoms with Crippen molar-refractivity contribution in [1.29, 1.82) is 0 Å². The lowest BCUT2D eigenvalue weighted by Crippen LogP contribution is -2.60. The third-order valence-electron chi connectivity index (χ3n) is 9.37. The van der Waals surface area contributed by atoms with E-state index in [4.69, 9.17) is 33.2 Å². The summed E-state index contributed by atoms with van der Waals surface area (Å²) in [6.07, 6.45) is -16.5. The van der Waals surface area contributed by atoms with E-state index >= 15 is 8.78 Å². The van der Waals surface area contributed by atoms with Crippen molar-refractivity contribution in [3.05, 3.63) is 76.1 Å². The molecule has 4 aliphatic heterocycles. The smallest absolute Gasteiger partial charge is 0.343 e. The number of halogens is 3. The van der Waals surface area contributed by atoms with E-state index in [0.29, 0.717) is 0 Å². The van der Waals surface area contributed by atoms with E-state index in [9.17, 15) is 50.0 Å². The van der Waals surface area contributed by atoms with Gasteiger partial charge in [-0.25, -0.2) is 13.6 Å². The van der Waals surface area contributed by atoms with Gasteiger partial charge in [0.1, 0.15) is 77.4 Å². The van der Waals surface area contributed by atoms with Gasteiger partial charge in [-0.1, -0.05) is 0 Å². The van der Waals surface area contributed by atoms with Gasteiger partial charge in [-0.3, -0.25) is 0 Å². The van der Waals surface area contributed by atoms with Crippen LogP contribution in [-0.4, -0.2) is 129 Å². The number of aliphatic hydroxyl groups excluding tert-OH is 8. The van der Waals surface area contributed by atoms with Crippen LogP contribution in [0.5, 0.6) is 28.7 Å². The molecule has 3 aromatic carbocycles. The monoisotopic (exact) mass is 740 g/mol. The molecule has 8 N–H and O–H groups in total. The molecule has 7 rings (SSSR count). The molecule has 0 aliphatic carbocycles.